The third kappa shape index (κ3) is 5.07. The van der Waals surface area contributed by atoms with E-state index in [9.17, 15) is 14.7 Å². The molecular formula is C27H34N2O6. The summed E-state index contributed by atoms with van der Waals surface area (Å²) in [7, 11) is 1.60. The van der Waals surface area contributed by atoms with Gasteiger partial charge in [-0.3, -0.25) is 14.5 Å². The molecule has 2 aliphatic heterocycles. The summed E-state index contributed by atoms with van der Waals surface area (Å²) < 4.78 is 16.3. The number of nitrogens with zero attached hydrogens (tertiary/aromatic N) is 1. The average molecular weight is 483 g/mol. The van der Waals surface area contributed by atoms with Crippen molar-refractivity contribution >= 4 is 11.9 Å². The Morgan fingerprint density at radius 1 is 1.11 bits per heavy atom. The molecule has 188 valence electrons. The number of benzene rings is 2. The van der Waals surface area contributed by atoms with E-state index in [1.54, 1.807) is 7.11 Å². The lowest BCUT2D eigenvalue weighted by atomic mass is 9.82. The molecule has 8 nitrogen and oxygen atoms in total. The van der Waals surface area contributed by atoms with Crippen molar-refractivity contribution in [2.45, 2.75) is 51.1 Å². The lowest BCUT2D eigenvalue weighted by Gasteiger charge is -2.33. The van der Waals surface area contributed by atoms with Crippen LogP contribution in [0, 0.1) is 5.92 Å². The molecule has 4 unspecified atom stereocenters. The van der Waals surface area contributed by atoms with Gasteiger partial charge in [-0.25, -0.2) is 0 Å². The van der Waals surface area contributed by atoms with Crippen LogP contribution in [0.5, 0.6) is 17.2 Å². The molecule has 2 heterocycles. The van der Waals surface area contributed by atoms with Crippen LogP contribution in [0.3, 0.4) is 0 Å². The van der Waals surface area contributed by atoms with E-state index in [2.05, 4.69) is 17.1 Å². The van der Waals surface area contributed by atoms with Gasteiger partial charge in [-0.05, 0) is 48.2 Å². The van der Waals surface area contributed by atoms with E-state index in [1.807, 2.05) is 49.4 Å². The number of amides is 1. The monoisotopic (exact) mass is 482 g/mol. The van der Waals surface area contributed by atoms with Crippen molar-refractivity contribution in [3.8, 4) is 17.2 Å². The molecule has 1 fully saturated rings. The van der Waals surface area contributed by atoms with Crippen LogP contribution in [0.15, 0.2) is 42.5 Å². The van der Waals surface area contributed by atoms with Crippen molar-refractivity contribution in [3.05, 3.63) is 53.6 Å². The molecule has 1 saturated heterocycles. The van der Waals surface area contributed by atoms with Gasteiger partial charge in [-0.15, -0.1) is 0 Å². The number of unbranched alkanes of at least 4 members (excludes halogenated alkanes) is 1. The molecule has 4 rings (SSSR count). The smallest absolute Gasteiger partial charge is 0.309 e. The number of methoxy groups -OCH3 is 1. The first kappa shape index (κ1) is 24.9. The number of aliphatic carboxylic acids is 1. The van der Waals surface area contributed by atoms with E-state index in [-0.39, 0.29) is 18.6 Å². The highest BCUT2D eigenvalue weighted by Crippen LogP contribution is 2.49. The summed E-state index contributed by atoms with van der Waals surface area (Å²) >= 11 is 0. The largest absolute Gasteiger partial charge is 0.497 e. The zero-order chi connectivity index (χ0) is 24.9. The molecule has 2 aromatic carbocycles. The van der Waals surface area contributed by atoms with Crippen LogP contribution in [0.2, 0.25) is 0 Å². The summed E-state index contributed by atoms with van der Waals surface area (Å²) in [6.07, 6.45) is 2.47. The Morgan fingerprint density at radius 3 is 2.49 bits per heavy atom. The maximum Gasteiger partial charge on any atom is 0.309 e. The first-order chi connectivity index (χ1) is 17.0. The maximum atomic E-state index is 13.2. The molecule has 0 radical (unpaired) electrons. The standard InChI is InChI=1S/C27H34N2O6/c1-4-6-13-28-26(30)21(5-2)29-15-20(18-9-12-22-23(14-18)35-16-34-22)24(27(31)32)25(29)17-7-10-19(33-3)11-8-17/h7-12,14,20-21,24-25H,4-6,13,15-16H2,1-3H3,(H,28,30)(H,31,32). The van der Waals surface area contributed by atoms with E-state index in [0.29, 0.717) is 36.8 Å². The summed E-state index contributed by atoms with van der Waals surface area (Å²) in [6.45, 7) is 5.26. The minimum atomic E-state index is -0.891. The SMILES string of the molecule is CCCCNC(=O)C(CC)N1CC(c2ccc3c(c2)OCO3)C(C(=O)O)C1c1ccc(OC)cc1. The summed E-state index contributed by atoms with van der Waals surface area (Å²) in [4.78, 5) is 28.1. The Balaban J connectivity index is 1.74. The van der Waals surface area contributed by atoms with Crippen LogP contribution in [0.1, 0.15) is 56.2 Å². The van der Waals surface area contributed by atoms with Gasteiger partial charge in [0.05, 0.1) is 19.1 Å². The van der Waals surface area contributed by atoms with Gasteiger partial charge in [0.2, 0.25) is 12.7 Å². The number of ether oxygens (including phenoxy) is 3. The fourth-order valence-corrected chi connectivity index (χ4v) is 5.24. The molecule has 0 bridgehead atoms. The molecular weight excluding hydrogens is 448 g/mol. The van der Waals surface area contributed by atoms with Crippen LogP contribution in [0.25, 0.3) is 0 Å². The van der Waals surface area contributed by atoms with Gasteiger partial charge in [-0.1, -0.05) is 38.5 Å². The molecule has 8 heteroatoms. The number of fused-ring (bicyclic) bond motifs is 1. The Hall–Kier alpha value is -3.26. The van der Waals surface area contributed by atoms with Gasteiger partial charge in [0.25, 0.3) is 0 Å². The molecule has 0 aliphatic carbocycles. The number of rotatable bonds is 10. The molecule has 1 amide bonds. The average Bonchev–Trinajstić information content (AvgIpc) is 3.49. The first-order valence-electron chi connectivity index (χ1n) is 12.3. The van der Waals surface area contributed by atoms with Crippen molar-refractivity contribution in [1.29, 1.82) is 0 Å². The number of hydrogen-bond donors (Lipinski definition) is 2. The number of nitrogens with one attached hydrogen (secondary N) is 1. The fraction of sp³-hybridized carbons (Fsp3) is 0.481. The highest BCUT2D eigenvalue weighted by Gasteiger charge is 2.50. The van der Waals surface area contributed by atoms with Gasteiger partial charge in [0, 0.05) is 25.0 Å². The van der Waals surface area contributed by atoms with Crippen LogP contribution in [-0.4, -0.2) is 54.9 Å². The lowest BCUT2D eigenvalue weighted by Crippen LogP contribution is -2.47. The van der Waals surface area contributed by atoms with E-state index in [0.717, 1.165) is 24.0 Å². The van der Waals surface area contributed by atoms with Crippen molar-refractivity contribution in [1.82, 2.24) is 10.2 Å². The molecule has 2 N–H and O–H groups in total. The number of carbonyl (C=O) groups excluding carboxylic acids is 1. The van der Waals surface area contributed by atoms with Gasteiger partial charge >= 0.3 is 5.97 Å². The quantitative estimate of drug-likeness (QED) is 0.495. The van der Waals surface area contributed by atoms with E-state index in [1.165, 1.54) is 0 Å². The van der Waals surface area contributed by atoms with Crippen molar-refractivity contribution in [2.75, 3.05) is 27.0 Å². The van der Waals surface area contributed by atoms with Crippen molar-refractivity contribution in [2.24, 2.45) is 5.92 Å². The summed E-state index contributed by atoms with van der Waals surface area (Å²) in [5.74, 6) is -0.0544. The predicted molar refractivity (Wildman–Crippen MR) is 131 cm³/mol. The van der Waals surface area contributed by atoms with Crippen molar-refractivity contribution in [3.63, 3.8) is 0 Å². The molecule has 0 saturated carbocycles. The number of hydrogen-bond acceptors (Lipinski definition) is 6. The maximum absolute atomic E-state index is 13.2. The number of likely N-dealkylation sites (tertiary alicyclic amines) is 1. The van der Waals surface area contributed by atoms with Crippen LogP contribution in [0.4, 0.5) is 0 Å². The van der Waals surface area contributed by atoms with Crippen molar-refractivity contribution < 1.29 is 28.9 Å². The highest BCUT2D eigenvalue weighted by atomic mass is 16.7. The van der Waals surface area contributed by atoms with Crippen LogP contribution in [-0.2, 0) is 9.59 Å². The third-order valence-electron chi connectivity index (χ3n) is 7.02. The zero-order valence-corrected chi connectivity index (χ0v) is 20.5. The summed E-state index contributed by atoms with van der Waals surface area (Å²) in [5.41, 5.74) is 1.71. The number of carboxylic acids is 1. The lowest BCUT2D eigenvalue weighted by molar-refractivity contribution is -0.144. The molecule has 0 aromatic heterocycles. The van der Waals surface area contributed by atoms with E-state index in [4.69, 9.17) is 14.2 Å². The topological polar surface area (TPSA) is 97.3 Å². The zero-order valence-electron chi connectivity index (χ0n) is 20.5. The minimum absolute atomic E-state index is 0.0602. The van der Waals surface area contributed by atoms with Gasteiger partial charge < -0.3 is 24.6 Å². The molecule has 0 spiro atoms. The molecule has 2 aliphatic rings. The first-order valence-corrected chi connectivity index (χ1v) is 12.3. The van der Waals surface area contributed by atoms with Gasteiger partial charge in [-0.2, -0.15) is 0 Å². The van der Waals surface area contributed by atoms with Crippen LogP contribution < -0.4 is 19.5 Å². The van der Waals surface area contributed by atoms with E-state index >= 15 is 0 Å². The second kappa shape index (κ2) is 11.0. The Bertz CT molecular complexity index is 1040. The van der Waals surface area contributed by atoms with E-state index < -0.39 is 24.0 Å². The normalized spacial score (nSPS) is 22.1. The Kier molecular flexibility index (Phi) is 7.80. The Morgan fingerprint density at radius 2 is 1.83 bits per heavy atom. The summed E-state index contributed by atoms with van der Waals surface area (Å²) in [5, 5.41) is 13.5. The summed E-state index contributed by atoms with van der Waals surface area (Å²) in [6, 6.07) is 12.2. The second-order valence-corrected chi connectivity index (χ2v) is 9.07. The number of carbonyl (C=O) groups is 2. The van der Waals surface area contributed by atoms with Crippen LogP contribution >= 0.6 is 0 Å². The second-order valence-electron chi connectivity index (χ2n) is 9.07. The predicted octanol–water partition coefficient (Wildman–Crippen LogP) is 3.96. The number of carboxylic acid groups (broad SMARTS) is 1. The third-order valence-corrected chi connectivity index (χ3v) is 7.02. The molecule has 2 aromatic rings. The minimum Gasteiger partial charge on any atom is -0.497 e. The molecule has 35 heavy (non-hydrogen) atoms. The van der Waals surface area contributed by atoms with Gasteiger partial charge in [0.1, 0.15) is 5.75 Å². The fourth-order valence-electron chi connectivity index (χ4n) is 5.24. The van der Waals surface area contributed by atoms with Gasteiger partial charge in [0.15, 0.2) is 11.5 Å². The highest BCUT2D eigenvalue weighted by molar-refractivity contribution is 5.82. The molecule has 4 atom stereocenters. The Labute approximate surface area is 206 Å².